The van der Waals surface area contributed by atoms with Crippen molar-refractivity contribution in [2.75, 3.05) is 54.9 Å². The number of hydrogen-bond acceptors (Lipinski definition) is 10. The summed E-state index contributed by atoms with van der Waals surface area (Å²) in [5, 5.41) is 0. The van der Waals surface area contributed by atoms with Gasteiger partial charge in [0.25, 0.3) is 0 Å². The Labute approximate surface area is 215 Å². The van der Waals surface area contributed by atoms with Gasteiger partial charge in [-0.2, -0.15) is 0 Å². The molecule has 206 valence electrons. The summed E-state index contributed by atoms with van der Waals surface area (Å²) in [6, 6.07) is 3.78. The minimum absolute atomic E-state index is 0.305. The maximum atomic E-state index is 11.7. The summed E-state index contributed by atoms with van der Waals surface area (Å²) >= 11 is 0. The van der Waals surface area contributed by atoms with Crippen LogP contribution < -0.4 is 0 Å². The average Bonchev–Trinajstić information content (AvgIpc) is 2.88. The van der Waals surface area contributed by atoms with Crippen molar-refractivity contribution >= 4 is 26.0 Å². The molecule has 0 rings (SSSR count). The van der Waals surface area contributed by atoms with Gasteiger partial charge in [0, 0.05) is 13.7 Å². The van der Waals surface area contributed by atoms with E-state index >= 15 is 0 Å². The summed E-state index contributed by atoms with van der Waals surface area (Å²) in [5.41, 5.74) is 0. The van der Waals surface area contributed by atoms with Crippen molar-refractivity contribution in [2.45, 2.75) is 49.9 Å². The maximum absolute atomic E-state index is 11.7. The third-order valence-electron chi connectivity index (χ3n) is 5.36. The van der Waals surface area contributed by atoms with Crippen LogP contribution in [0.2, 0.25) is 24.2 Å². The molecule has 0 amide bonds. The summed E-state index contributed by atoms with van der Waals surface area (Å²) < 4.78 is 35.3. The molecule has 0 aliphatic rings. The van der Waals surface area contributed by atoms with E-state index in [0.717, 1.165) is 49.9 Å². The molecule has 0 aliphatic heterocycles. The maximum Gasteiger partial charge on any atom is 0.333 e. The smallest absolute Gasteiger partial charge is 0.333 e. The summed E-state index contributed by atoms with van der Waals surface area (Å²) in [7, 11) is 4.15. The van der Waals surface area contributed by atoms with Crippen LogP contribution in [0.4, 0.5) is 0 Å². The molecule has 0 aromatic heterocycles. The van der Waals surface area contributed by atoms with E-state index in [1.807, 2.05) is 0 Å². The van der Waals surface area contributed by atoms with Gasteiger partial charge in [0.2, 0.25) is 0 Å². The van der Waals surface area contributed by atoms with Crippen molar-refractivity contribution in [3.63, 3.8) is 0 Å². The largest absolute Gasteiger partial charge is 0.504 e. The van der Waals surface area contributed by atoms with Crippen LogP contribution in [-0.4, -0.2) is 80.8 Å². The van der Waals surface area contributed by atoms with Crippen LogP contribution in [0.15, 0.2) is 37.0 Å². The highest BCUT2D eigenvalue weighted by molar-refractivity contribution is 6.79. The summed E-state index contributed by atoms with van der Waals surface area (Å²) in [6.07, 6.45) is 10.6. The first kappa shape index (κ1) is 33.2. The molecule has 11 heteroatoms. The zero-order valence-electron chi connectivity index (χ0n) is 22.0. The molecule has 0 spiro atoms. The zero-order chi connectivity index (χ0) is 26.9. The molecule has 0 atom stereocenters. The Balaban J connectivity index is 5.10. The minimum atomic E-state index is -1.91. The average molecular weight is 531 g/mol. The van der Waals surface area contributed by atoms with Crippen molar-refractivity contribution in [3.8, 4) is 0 Å². The summed E-state index contributed by atoms with van der Waals surface area (Å²) in [5.74, 6) is -1.35. The predicted molar refractivity (Wildman–Crippen MR) is 137 cm³/mol. The van der Waals surface area contributed by atoms with Crippen LogP contribution in [-0.2, 0) is 47.5 Å². The molecule has 10 nitrogen and oxygen atoms in total. The molecule has 0 aromatic carbocycles. The second-order valence-electron chi connectivity index (χ2n) is 8.02. The highest BCUT2D eigenvalue weighted by Gasteiger charge is 2.31. The van der Waals surface area contributed by atoms with Crippen LogP contribution in [0.3, 0.4) is 0 Å². The first-order chi connectivity index (χ1) is 17.4. The molecule has 0 radical (unpaired) electrons. The van der Waals surface area contributed by atoms with E-state index in [1.165, 1.54) is 58.3 Å². The number of hydrogen-bond donors (Lipinski definition) is 0. The molecule has 36 heavy (non-hydrogen) atoms. The van der Waals surface area contributed by atoms with Crippen LogP contribution in [0.5, 0.6) is 0 Å². The van der Waals surface area contributed by atoms with Crippen LogP contribution in [0.25, 0.3) is 0 Å². The molecule has 0 saturated heterocycles. The molecule has 0 aliphatic carbocycles. The van der Waals surface area contributed by atoms with Gasteiger partial charge >= 0.3 is 17.9 Å². The van der Waals surface area contributed by atoms with Gasteiger partial charge in [0.1, 0.15) is 0 Å². The molecule has 0 aromatic rings. The fourth-order valence-corrected chi connectivity index (χ4v) is 8.79. The van der Waals surface area contributed by atoms with Gasteiger partial charge in [-0.05, 0) is 25.7 Å². The van der Waals surface area contributed by atoms with Gasteiger partial charge in [-0.3, -0.25) is 0 Å². The van der Waals surface area contributed by atoms with E-state index in [1.54, 1.807) is 7.11 Å². The van der Waals surface area contributed by atoms with E-state index in [9.17, 15) is 14.4 Å². The van der Waals surface area contributed by atoms with Gasteiger partial charge in [-0.15, -0.1) is 0 Å². The minimum Gasteiger partial charge on any atom is -0.504 e. The van der Waals surface area contributed by atoms with Crippen LogP contribution in [0.1, 0.15) is 25.7 Å². The normalized spacial score (nSPS) is 13.0. The molecule has 0 N–H and O–H groups in total. The molecular formula is C25H42O10Si. The molecule has 0 heterocycles. The lowest BCUT2D eigenvalue weighted by Gasteiger charge is -2.32. The van der Waals surface area contributed by atoms with E-state index in [-0.39, 0.29) is 0 Å². The summed E-state index contributed by atoms with van der Waals surface area (Å²) in [4.78, 5) is 35.2. The number of carbonyl (C=O) groups excluding carboxylic acids is 3. The topological polar surface area (TPSA) is 116 Å². The van der Waals surface area contributed by atoms with Gasteiger partial charge in [-0.25, -0.2) is 14.4 Å². The first-order valence-corrected chi connectivity index (χ1v) is 14.8. The van der Waals surface area contributed by atoms with Gasteiger partial charge in [-0.1, -0.05) is 24.2 Å². The molecule has 0 fully saturated rings. The van der Waals surface area contributed by atoms with Gasteiger partial charge < -0.3 is 33.2 Å². The lowest BCUT2D eigenvalue weighted by molar-refractivity contribution is -0.138. The zero-order valence-corrected chi connectivity index (χ0v) is 23.0. The number of esters is 3. The SMILES string of the molecule is COC=CC(=O)OCCC[Si](CCCOC)(CCCOC(=O)C=COC)CCCOC(=O)C=COC. The highest BCUT2D eigenvalue weighted by Crippen LogP contribution is 2.32. The van der Waals surface area contributed by atoms with Crippen LogP contribution in [0, 0.1) is 0 Å². The Morgan fingerprint density at radius 2 is 0.833 bits per heavy atom. The van der Waals surface area contributed by atoms with Crippen molar-refractivity contribution in [1.29, 1.82) is 0 Å². The fourth-order valence-electron chi connectivity index (χ4n) is 3.72. The van der Waals surface area contributed by atoms with Crippen molar-refractivity contribution in [2.24, 2.45) is 0 Å². The second-order valence-corrected chi connectivity index (χ2v) is 13.0. The molecule has 0 bridgehead atoms. The number of carbonyl (C=O) groups is 3. The van der Waals surface area contributed by atoms with E-state index < -0.39 is 26.0 Å². The lowest BCUT2D eigenvalue weighted by atomic mass is 10.5. The Kier molecular flexibility index (Phi) is 20.9. The number of methoxy groups -OCH3 is 4. The van der Waals surface area contributed by atoms with Gasteiger partial charge in [0.05, 0.1) is 86.2 Å². The van der Waals surface area contributed by atoms with E-state index in [4.69, 9.17) is 33.2 Å². The number of ether oxygens (including phenoxy) is 7. The lowest BCUT2D eigenvalue weighted by Crippen LogP contribution is -2.35. The Morgan fingerprint density at radius 3 is 1.11 bits per heavy atom. The van der Waals surface area contributed by atoms with Crippen molar-refractivity contribution < 1.29 is 47.5 Å². The monoisotopic (exact) mass is 530 g/mol. The Morgan fingerprint density at radius 1 is 0.528 bits per heavy atom. The standard InChI is InChI=1S/C25H42O10Si/c1-29-12-5-19-36(20-6-13-33-23(26)9-16-30-2,21-7-14-34-24(27)10-17-31-3)22-8-15-35-25(28)11-18-32-4/h9-11,16-18H,5-8,12-15,19-22H2,1-4H3. The van der Waals surface area contributed by atoms with E-state index in [0.29, 0.717) is 26.4 Å². The second kappa shape index (κ2) is 22.7. The third kappa shape index (κ3) is 18.5. The highest BCUT2D eigenvalue weighted by atomic mass is 28.3. The fraction of sp³-hybridized carbons (Fsp3) is 0.640. The Bertz CT molecular complexity index is 607. The van der Waals surface area contributed by atoms with Crippen LogP contribution >= 0.6 is 0 Å². The van der Waals surface area contributed by atoms with Crippen molar-refractivity contribution in [1.82, 2.24) is 0 Å². The quantitative estimate of drug-likeness (QED) is 0.0512. The van der Waals surface area contributed by atoms with Crippen molar-refractivity contribution in [3.05, 3.63) is 37.0 Å². The Hall–Kier alpha value is -2.79. The molecule has 0 unspecified atom stereocenters. The van der Waals surface area contributed by atoms with E-state index in [2.05, 4.69) is 0 Å². The molecule has 0 saturated carbocycles. The third-order valence-corrected chi connectivity index (χ3v) is 11.0. The van der Waals surface area contributed by atoms with Gasteiger partial charge in [0.15, 0.2) is 0 Å². The summed E-state index contributed by atoms with van der Waals surface area (Å²) in [6.45, 7) is 1.57. The first-order valence-electron chi connectivity index (χ1n) is 12.0. The predicted octanol–water partition coefficient (Wildman–Crippen LogP) is 3.75. The number of rotatable bonds is 22. The molecular weight excluding hydrogens is 488 g/mol.